The molecular weight excluding hydrogens is 785 g/mol. The lowest BCUT2D eigenvalue weighted by Gasteiger charge is -2.31. The van der Waals surface area contributed by atoms with Gasteiger partial charge in [-0.05, 0) is 133 Å². The predicted molar refractivity (Wildman–Crippen MR) is 275 cm³/mol. The van der Waals surface area contributed by atoms with Crippen LogP contribution in [0, 0.1) is 0 Å². The average Bonchev–Trinajstić information content (AvgIpc) is 3.60. The highest BCUT2D eigenvalue weighted by atomic mass is 15.2. The molecule has 0 saturated carbocycles. The molecule has 0 aromatic heterocycles. The molecule has 2 nitrogen and oxygen atoms in total. The standard InChI is InChI=1S/C63H48N2/c1-63(2)60-34-19-18-31-58(60)59-40-39-53(44-61(59)63)65(51-29-16-7-17-30-51)55-42-49(62-56(47-23-10-4-11-24-47)32-20-33-57(62)48-25-12-5-13-26-48)41-54(43-55)64(50-27-14-6-15-28-50)52-37-35-46(36-38-52)45-21-8-3-9-22-45/h3-44H,1-2H3. The Hall–Kier alpha value is -8.20. The Kier molecular flexibility index (Phi) is 10.3. The molecule has 0 aliphatic heterocycles. The van der Waals surface area contributed by atoms with Gasteiger partial charge >= 0.3 is 0 Å². The Bertz CT molecular complexity index is 3190. The first-order valence-corrected chi connectivity index (χ1v) is 22.5. The second kappa shape index (κ2) is 16.8. The highest BCUT2D eigenvalue weighted by molar-refractivity contribution is 5.98. The van der Waals surface area contributed by atoms with Gasteiger partial charge in [0, 0.05) is 39.5 Å². The molecular formula is C63H48N2. The van der Waals surface area contributed by atoms with Gasteiger partial charge in [0.2, 0.25) is 0 Å². The molecule has 10 aromatic rings. The molecule has 11 rings (SSSR count). The Balaban J connectivity index is 1.19. The van der Waals surface area contributed by atoms with Crippen molar-refractivity contribution in [2.45, 2.75) is 19.3 Å². The van der Waals surface area contributed by atoms with E-state index in [0.29, 0.717) is 0 Å². The SMILES string of the molecule is CC1(C)c2ccccc2-c2ccc(N(c3ccccc3)c3cc(-c4c(-c5ccccc5)cccc4-c4ccccc4)cc(N(c4ccccc4)c4ccc(-c5ccccc5)cc4)c3)cc21. The molecule has 0 unspecified atom stereocenters. The van der Waals surface area contributed by atoms with E-state index in [4.69, 9.17) is 0 Å². The van der Waals surface area contributed by atoms with E-state index >= 15 is 0 Å². The first-order chi connectivity index (χ1) is 32.0. The van der Waals surface area contributed by atoms with Crippen molar-refractivity contribution >= 4 is 34.1 Å². The quantitative estimate of drug-likeness (QED) is 0.135. The zero-order valence-corrected chi connectivity index (χ0v) is 36.6. The van der Waals surface area contributed by atoms with Crippen LogP contribution in [0.1, 0.15) is 25.0 Å². The average molecular weight is 833 g/mol. The molecule has 0 fully saturated rings. The van der Waals surface area contributed by atoms with Gasteiger partial charge in [-0.2, -0.15) is 0 Å². The van der Waals surface area contributed by atoms with Gasteiger partial charge < -0.3 is 9.80 Å². The van der Waals surface area contributed by atoms with Crippen LogP contribution in [0.15, 0.2) is 255 Å². The van der Waals surface area contributed by atoms with Crippen molar-refractivity contribution < 1.29 is 0 Å². The summed E-state index contributed by atoms with van der Waals surface area (Å²) in [6.07, 6.45) is 0. The fourth-order valence-corrected chi connectivity index (χ4v) is 9.89. The van der Waals surface area contributed by atoms with Crippen LogP contribution in [0.4, 0.5) is 34.1 Å². The Labute approximate surface area is 383 Å². The third-order valence-corrected chi connectivity index (χ3v) is 13.0. The summed E-state index contributed by atoms with van der Waals surface area (Å²) in [6.45, 7) is 4.72. The van der Waals surface area contributed by atoms with E-state index in [9.17, 15) is 0 Å². The summed E-state index contributed by atoms with van der Waals surface area (Å²) < 4.78 is 0. The summed E-state index contributed by atoms with van der Waals surface area (Å²) in [6, 6.07) is 92.7. The molecule has 1 aliphatic carbocycles. The van der Waals surface area contributed by atoms with Crippen LogP contribution in [-0.4, -0.2) is 0 Å². The van der Waals surface area contributed by atoms with Crippen LogP contribution in [0.3, 0.4) is 0 Å². The van der Waals surface area contributed by atoms with Gasteiger partial charge in [0.25, 0.3) is 0 Å². The molecule has 0 spiro atoms. The number of fused-ring (bicyclic) bond motifs is 3. The molecule has 0 bridgehead atoms. The fraction of sp³-hybridized carbons (Fsp3) is 0.0476. The summed E-state index contributed by atoms with van der Waals surface area (Å²) >= 11 is 0. The highest BCUT2D eigenvalue weighted by Crippen LogP contribution is 2.52. The van der Waals surface area contributed by atoms with Crippen molar-refractivity contribution in [2.24, 2.45) is 0 Å². The smallest absolute Gasteiger partial charge is 0.0488 e. The van der Waals surface area contributed by atoms with E-state index in [1.165, 1.54) is 61.2 Å². The molecule has 0 saturated heterocycles. The number of rotatable bonds is 10. The first kappa shape index (κ1) is 39.6. The number of anilines is 6. The van der Waals surface area contributed by atoms with Gasteiger partial charge in [0.05, 0.1) is 0 Å². The van der Waals surface area contributed by atoms with E-state index in [2.05, 4.69) is 278 Å². The third-order valence-electron chi connectivity index (χ3n) is 13.0. The van der Waals surface area contributed by atoms with Gasteiger partial charge in [0.1, 0.15) is 0 Å². The lowest BCUT2D eigenvalue weighted by atomic mass is 9.82. The summed E-state index contributed by atoms with van der Waals surface area (Å²) in [5.74, 6) is 0. The maximum absolute atomic E-state index is 2.45. The topological polar surface area (TPSA) is 6.48 Å². The van der Waals surface area contributed by atoms with E-state index in [1.807, 2.05) is 0 Å². The van der Waals surface area contributed by atoms with Gasteiger partial charge in [0.15, 0.2) is 0 Å². The number of benzene rings is 10. The van der Waals surface area contributed by atoms with Crippen LogP contribution in [0.2, 0.25) is 0 Å². The van der Waals surface area contributed by atoms with Crippen molar-refractivity contribution in [2.75, 3.05) is 9.80 Å². The molecule has 0 atom stereocenters. The Morgan fingerprint density at radius 3 is 1.20 bits per heavy atom. The monoisotopic (exact) mass is 832 g/mol. The first-order valence-electron chi connectivity index (χ1n) is 22.5. The predicted octanol–water partition coefficient (Wildman–Crippen LogP) is 17.6. The lowest BCUT2D eigenvalue weighted by Crippen LogP contribution is -2.17. The minimum Gasteiger partial charge on any atom is -0.310 e. The van der Waals surface area contributed by atoms with Gasteiger partial charge in [-0.25, -0.2) is 0 Å². The van der Waals surface area contributed by atoms with Crippen molar-refractivity contribution in [3.05, 3.63) is 266 Å². The fourth-order valence-electron chi connectivity index (χ4n) is 9.89. The van der Waals surface area contributed by atoms with Crippen LogP contribution in [-0.2, 0) is 5.41 Å². The van der Waals surface area contributed by atoms with E-state index in [-0.39, 0.29) is 5.41 Å². The lowest BCUT2D eigenvalue weighted by molar-refractivity contribution is 0.660. The summed E-state index contributed by atoms with van der Waals surface area (Å²) in [5, 5.41) is 0. The van der Waals surface area contributed by atoms with Gasteiger partial charge in [-0.3, -0.25) is 0 Å². The second-order valence-corrected chi connectivity index (χ2v) is 17.4. The second-order valence-electron chi connectivity index (χ2n) is 17.4. The van der Waals surface area contributed by atoms with Crippen LogP contribution >= 0.6 is 0 Å². The molecule has 65 heavy (non-hydrogen) atoms. The normalized spacial score (nSPS) is 12.3. The van der Waals surface area contributed by atoms with Gasteiger partial charge in [-0.15, -0.1) is 0 Å². The minimum absolute atomic E-state index is 0.160. The van der Waals surface area contributed by atoms with E-state index in [1.54, 1.807) is 0 Å². The maximum Gasteiger partial charge on any atom is 0.0488 e. The number of nitrogens with zero attached hydrogens (tertiary/aromatic N) is 2. The molecule has 10 aromatic carbocycles. The van der Waals surface area contributed by atoms with Crippen molar-refractivity contribution in [1.82, 2.24) is 0 Å². The molecule has 2 heteroatoms. The van der Waals surface area contributed by atoms with Crippen molar-refractivity contribution in [3.8, 4) is 55.6 Å². The Morgan fingerprint density at radius 2 is 0.646 bits per heavy atom. The zero-order valence-electron chi connectivity index (χ0n) is 36.6. The van der Waals surface area contributed by atoms with Crippen LogP contribution in [0.25, 0.3) is 55.6 Å². The molecule has 1 aliphatic rings. The van der Waals surface area contributed by atoms with E-state index < -0.39 is 0 Å². The van der Waals surface area contributed by atoms with Crippen molar-refractivity contribution in [3.63, 3.8) is 0 Å². The summed E-state index contributed by atoms with van der Waals surface area (Å²) in [4.78, 5) is 4.85. The highest BCUT2D eigenvalue weighted by Gasteiger charge is 2.36. The number of para-hydroxylation sites is 2. The summed E-state index contributed by atoms with van der Waals surface area (Å²) in [7, 11) is 0. The third kappa shape index (κ3) is 7.39. The molecule has 310 valence electrons. The number of hydrogen-bond donors (Lipinski definition) is 0. The van der Waals surface area contributed by atoms with Crippen LogP contribution in [0.5, 0.6) is 0 Å². The Morgan fingerprint density at radius 1 is 0.246 bits per heavy atom. The minimum atomic E-state index is -0.160. The summed E-state index contributed by atoms with van der Waals surface area (Å²) in [5.41, 5.74) is 21.0. The maximum atomic E-state index is 2.45. The largest absolute Gasteiger partial charge is 0.310 e. The molecule has 0 amide bonds. The molecule has 0 heterocycles. The van der Waals surface area contributed by atoms with Crippen molar-refractivity contribution in [1.29, 1.82) is 0 Å². The zero-order chi connectivity index (χ0) is 43.7. The van der Waals surface area contributed by atoms with E-state index in [0.717, 1.165) is 39.7 Å². The number of hydrogen-bond acceptors (Lipinski definition) is 2. The molecule has 0 N–H and O–H groups in total. The molecule has 0 radical (unpaired) electrons. The van der Waals surface area contributed by atoms with Gasteiger partial charge in [-0.1, -0.05) is 202 Å². The van der Waals surface area contributed by atoms with Crippen LogP contribution < -0.4 is 9.80 Å².